The van der Waals surface area contributed by atoms with Gasteiger partial charge in [-0.25, -0.2) is 0 Å². The number of hydrogen-bond donors (Lipinski definition) is 0. The van der Waals surface area contributed by atoms with Gasteiger partial charge in [0.1, 0.15) is 0 Å². The number of allylic oxidation sites excluding steroid dienone is 2. The summed E-state index contributed by atoms with van der Waals surface area (Å²) in [7, 11) is 0. The average Bonchev–Trinajstić information content (AvgIpc) is 2.17. The molecule has 0 nitrogen and oxygen atoms in total. The van der Waals surface area contributed by atoms with Gasteiger partial charge < -0.3 is 0 Å². The molecule has 1 rings (SSSR count). The van der Waals surface area contributed by atoms with Gasteiger partial charge in [0.25, 0.3) is 0 Å². The summed E-state index contributed by atoms with van der Waals surface area (Å²) in [5.74, 6) is 0. The van der Waals surface area contributed by atoms with E-state index in [0.29, 0.717) is 5.41 Å². The third-order valence-corrected chi connectivity index (χ3v) is 3.06. The molecule has 0 bridgehead atoms. The summed E-state index contributed by atoms with van der Waals surface area (Å²) in [6, 6.07) is 0. The molecule has 0 aromatic rings. The molecule has 0 unspecified atom stereocenters. The minimum absolute atomic E-state index is 0.542. The molecule has 0 aromatic heterocycles. The summed E-state index contributed by atoms with van der Waals surface area (Å²) >= 11 is 3.49. The van der Waals surface area contributed by atoms with E-state index in [0.717, 1.165) is 5.33 Å². The van der Waals surface area contributed by atoms with Gasteiger partial charge in [0, 0.05) is 5.33 Å². The van der Waals surface area contributed by atoms with E-state index in [4.69, 9.17) is 0 Å². The van der Waals surface area contributed by atoms with Crippen LogP contribution >= 0.6 is 15.9 Å². The molecule has 0 saturated carbocycles. The predicted molar refractivity (Wildman–Crippen MR) is 40.3 cm³/mol. The lowest BCUT2D eigenvalue weighted by atomic mass is 9.91. The molecule has 0 fully saturated rings. The van der Waals surface area contributed by atoms with Crippen LogP contribution in [0.2, 0.25) is 0 Å². The molecule has 0 saturated heterocycles. The first-order valence-corrected chi connectivity index (χ1v) is 4.10. The van der Waals surface area contributed by atoms with E-state index < -0.39 is 0 Å². The maximum Gasteiger partial charge on any atom is 0.00912 e. The van der Waals surface area contributed by atoms with Gasteiger partial charge in [0.15, 0.2) is 0 Å². The highest BCUT2D eigenvalue weighted by Crippen LogP contribution is 2.33. The smallest absolute Gasteiger partial charge is 0.00912 e. The van der Waals surface area contributed by atoms with Crippen molar-refractivity contribution in [2.75, 3.05) is 5.33 Å². The summed E-state index contributed by atoms with van der Waals surface area (Å²) < 4.78 is 0. The molecule has 8 heavy (non-hydrogen) atoms. The Labute approximate surface area is 59.1 Å². The Balaban J connectivity index is 2.46. The van der Waals surface area contributed by atoms with Gasteiger partial charge in [-0.1, -0.05) is 35.0 Å². The fourth-order valence-corrected chi connectivity index (χ4v) is 1.39. The Bertz CT molecular complexity index is 97.0. The minimum atomic E-state index is 0.542. The molecule has 0 radical (unpaired) electrons. The highest BCUT2D eigenvalue weighted by Gasteiger charge is 2.22. The fraction of sp³-hybridized carbons (Fsp3) is 0.714. The van der Waals surface area contributed by atoms with Crippen LogP contribution in [0, 0.1) is 5.41 Å². The van der Waals surface area contributed by atoms with Gasteiger partial charge >= 0.3 is 0 Å². The standard InChI is InChI=1S/C7H11Br/c1-7(6-8)4-2-3-5-7/h2-3H,4-6H2,1H3. The minimum Gasteiger partial charge on any atom is -0.0922 e. The topological polar surface area (TPSA) is 0 Å². The Morgan fingerprint density at radius 3 is 2.25 bits per heavy atom. The largest absolute Gasteiger partial charge is 0.0922 e. The Hall–Kier alpha value is 0.220. The summed E-state index contributed by atoms with van der Waals surface area (Å²) in [6.07, 6.45) is 7.03. The molecule has 0 N–H and O–H groups in total. The lowest BCUT2D eigenvalue weighted by Crippen LogP contribution is -2.12. The van der Waals surface area contributed by atoms with Gasteiger partial charge in [-0.2, -0.15) is 0 Å². The number of hydrogen-bond acceptors (Lipinski definition) is 0. The van der Waals surface area contributed by atoms with E-state index in [1.807, 2.05) is 0 Å². The molecule has 0 amide bonds. The summed E-state index contributed by atoms with van der Waals surface area (Å²) in [6.45, 7) is 2.31. The van der Waals surface area contributed by atoms with Crippen LogP contribution in [0.1, 0.15) is 19.8 Å². The molecule has 0 atom stereocenters. The van der Waals surface area contributed by atoms with Gasteiger partial charge in [-0.3, -0.25) is 0 Å². The second kappa shape index (κ2) is 2.22. The van der Waals surface area contributed by atoms with Gasteiger partial charge in [-0.15, -0.1) is 0 Å². The summed E-state index contributed by atoms with van der Waals surface area (Å²) in [4.78, 5) is 0. The SMILES string of the molecule is CC1(CBr)CC=CC1. The molecule has 0 aromatic carbocycles. The first-order chi connectivity index (χ1) is 3.77. The molecule has 1 aliphatic rings. The van der Waals surface area contributed by atoms with Crippen LogP contribution in [-0.4, -0.2) is 5.33 Å². The molecule has 46 valence electrons. The first-order valence-electron chi connectivity index (χ1n) is 2.98. The Morgan fingerprint density at radius 2 is 2.00 bits per heavy atom. The number of halogens is 1. The van der Waals surface area contributed by atoms with Crippen LogP contribution < -0.4 is 0 Å². The fourth-order valence-electron chi connectivity index (χ4n) is 0.928. The molecule has 0 spiro atoms. The monoisotopic (exact) mass is 174 g/mol. The summed E-state index contributed by atoms with van der Waals surface area (Å²) in [5.41, 5.74) is 0.542. The Morgan fingerprint density at radius 1 is 1.50 bits per heavy atom. The third kappa shape index (κ3) is 1.13. The Kier molecular flexibility index (Phi) is 1.76. The number of rotatable bonds is 1. The van der Waals surface area contributed by atoms with Crippen molar-refractivity contribution in [1.82, 2.24) is 0 Å². The first kappa shape index (κ1) is 6.34. The molecule has 1 heteroatoms. The predicted octanol–water partition coefficient (Wildman–Crippen LogP) is 2.74. The van der Waals surface area contributed by atoms with Gasteiger partial charge in [0.05, 0.1) is 0 Å². The van der Waals surface area contributed by atoms with E-state index >= 15 is 0 Å². The zero-order chi connectivity index (χ0) is 6.04. The van der Waals surface area contributed by atoms with Crippen molar-refractivity contribution >= 4 is 15.9 Å². The maximum atomic E-state index is 3.49. The lowest BCUT2D eigenvalue weighted by Gasteiger charge is -2.18. The van der Waals surface area contributed by atoms with Crippen LogP contribution in [-0.2, 0) is 0 Å². The van der Waals surface area contributed by atoms with E-state index in [2.05, 4.69) is 35.0 Å². The molecule has 0 aliphatic heterocycles. The van der Waals surface area contributed by atoms with Gasteiger partial charge in [0.2, 0.25) is 0 Å². The highest BCUT2D eigenvalue weighted by atomic mass is 79.9. The van der Waals surface area contributed by atoms with Crippen molar-refractivity contribution in [3.05, 3.63) is 12.2 Å². The van der Waals surface area contributed by atoms with E-state index in [1.165, 1.54) is 12.8 Å². The lowest BCUT2D eigenvalue weighted by molar-refractivity contribution is 0.413. The van der Waals surface area contributed by atoms with Crippen molar-refractivity contribution in [2.24, 2.45) is 5.41 Å². The summed E-state index contributed by atoms with van der Waals surface area (Å²) in [5, 5.41) is 1.13. The molecular weight excluding hydrogens is 164 g/mol. The third-order valence-electron chi connectivity index (χ3n) is 1.71. The van der Waals surface area contributed by atoms with E-state index in [9.17, 15) is 0 Å². The van der Waals surface area contributed by atoms with Crippen molar-refractivity contribution in [3.8, 4) is 0 Å². The van der Waals surface area contributed by atoms with Crippen molar-refractivity contribution in [1.29, 1.82) is 0 Å². The normalized spacial score (nSPS) is 24.2. The van der Waals surface area contributed by atoms with Crippen molar-refractivity contribution < 1.29 is 0 Å². The van der Waals surface area contributed by atoms with Crippen LogP contribution in [0.25, 0.3) is 0 Å². The zero-order valence-corrected chi connectivity index (χ0v) is 6.74. The second-order valence-corrected chi connectivity index (χ2v) is 3.38. The average molecular weight is 175 g/mol. The molecule has 0 heterocycles. The van der Waals surface area contributed by atoms with Crippen molar-refractivity contribution in [2.45, 2.75) is 19.8 Å². The van der Waals surface area contributed by atoms with Crippen LogP contribution in [0.15, 0.2) is 12.2 Å². The highest BCUT2D eigenvalue weighted by molar-refractivity contribution is 9.09. The quantitative estimate of drug-likeness (QED) is 0.424. The zero-order valence-electron chi connectivity index (χ0n) is 5.15. The second-order valence-electron chi connectivity index (χ2n) is 2.82. The maximum absolute atomic E-state index is 3.49. The van der Waals surface area contributed by atoms with Gasteiger partial charge in [-0.05, 0) is 18.3 Å². The number of alkyl halides is 1. The molecular formula is C7H11Br. The molecule has 1 aliphatic carbocycles. The van der Waals surface area contributed by atoms with E-state index in [1.54, 1.807) is 0 Å². The van der Waals surface area contributed by atoms with Crippen LogP contribution in [0.3, 0.4) is 0 Å². The van der Waals surface area contributed by atoms with Crippen LogP contribution in [0.5, 0.6) is 0 Å². The van der Waals surface area contributed by atoms with Crippen LogP contribution in [0.4, 0.5) is 0 Å². The van der Waals surface area contributed by atoms with E-state index in [-0.39, 0.29) is 0 Å². The van der Waals surface area contributed by atoms with Crippen molar-refractivity contribution in [3.63, 3.8) is 0 Å².